The molecule has 1 aliphatic heterocycles. The number of rotatable bonds is 9. The van der Waals surface area contributed by atoms with Gasteiger partial charge in [0.25, 0.3) is 0 Å². The van der Waals surface area contributed by atoms with Crippen molar-refractivity contribution in [3.05, 3.63) is 0 Å². The summed E-state index contributed by atoms with van der Waals surface area (Å²) < 4.78 is 0. The number of likely N-dealkylation sites (tertiary alicyclic amines) is 1. The number of nitrogens with one attached hydrogen (secondary N) is 1. The van der Waals surface area contributed by atoms with Gasteiger partial charge in [0.15, 0.2) is 0 Å². The van der Waals surface area contributed by atoms with Gasteiger partial charge in [-0.1, -0.05) is 27.2 Å². The van der Waals surface area contributed by atoms with Crippen molar-refractivity contribution < 1.29 is 5.11 Å². The van der Waals surface area contributed by atoms with Crippen molar-refractivity contribution in [3.63, 3.8) is 0 Å². The van der Waals surface area contributed by atoms with Crippen molar-refractivity contribution >= 4 is 0 Å². The molecule has 18 heavy (non-hydrogen) atoms. The minimum absolute atomic E-state index is 0.324. The Morgan fingerprint density at radius 3 is 2.72 bits per heavy atom. The molecule has 2 atom stereocenters. The standard InChI is InChI=1S/C15H32N2O/c1-4-8-15(3,12-16-9-5-2)13-17-10-6-7-14(17)11-18/h14,16,18H,4-13H2,1-3H3. The van der Waals surface area contributed by atoms with Crippen molar-refractivity contribution in [2.45, 2.75) is 58.9 Å². The van der Waals surface area contributed by atoms with Gasteiger partial charge in [-0.25, -0.2) is 0 Å². The molecule has 0 aromatic heterocycles. The number of aliphatic hydroxyl groups excluding tert-OH is 1. The van der Waals surface area contributed by atoms with Crippen LogP contribution in [0.4, 0.5) is 0 Å². The van der Waals surface area contributed by atoms with E-state index in [0.29, 0.717) is 18.1 Å². The highest BCUT2D eigenvalue weighted by Gasteiger charge is 2.31. The van der Waals surface area contributed by atoms with Gasteiger partial charge in [0.2, 0.25) is 0 Å². The Morgan fingerprint density at radius 2 is 2.11 bits per heavy atom. The van der Waals surface area contributed by atoms with Gasteiger partial charge in [-0.05, 0) is 44.2 Å². The smallest absolute Gasteiger partial charge is 0.0586 e. The fourth-order valence-electron chi connectivity index (χ4n) is 3.19. The molecule has 0 aromatic rings. The Labute approximate surface area is 113 Å². The number of hydrogen-bond acceptors (Lipinski definition) is 3. The van der Waals surface area contributed by atoms with Crippen LogP contribution in [0.25, 0.3) is 0 Å². The summed E-state index contributed by atoms with van der Waals surface area (Å²) in [6.07, 6.45) is 6.11. The summed E-state index contributed by atoms with van der Waals surface area (Å²) in [5.41, 5.74) is 0.349. The molecule has 3 heteroatoms. The quantitative estimate of drug-likeness (QED) is 0.621. The van der Waals surface area contributed by atoms with Crippen molar-refractivity contribution in [1.29, 1.82) is 0 Å². The van der Waals surface area contributed by atoms with Crippen LogP contribution < -0.4 is 5.32 Å². The molecule has 2 unspecified atom stereocenters. The topological polar surface area (TPSA) is 35.5 Å². The first kappa shape index (κ1) is 15.9. The van der Waals surface area contributed by atoms with E-state index in [-0.39, 0.29) is 0 Å². The lowest BCUT2D eigenvalue weighted by molar-refractivity contribution is 0.103. The average Bonchev–Trinajstić information content (AvgIpc) is 2.76. The monoisotopic (exact) mass is 256 g/mol. The fraction of sp³-hybridized carbons (Fsp3) is 1.00. The molecule has 3 nitrogen and oxygen atoms in total. The molecular formula is C15H32N2O. The van der Waals surface area contributed by atoms with Crippen LogP contribution in [0.3, 0.4) is 0 Å². The van der Waals surface area contributed by atoms with Crippen molar-refractivity contribution in [2.75, 3.05) is 32.8 Å². The van der Waals surface area contributed by atoms with E-state index in [1.807, 2.05) is 0 Å². The maximum Gasteiger partial charge on any atom is 0.0586 e. The van der Waals surface area contributed by atoms with E-state index in [0.717, 1.165) is 26.2 Å². The van der Waals surface area contributed by atoms with Gasteiger partial charge in [-0.3, -0.25) is 4.90 Å². The van der Waals surface area contributed by atoms with Crippen LogP contribution in [0, 0.1) is 5.41 Å². The molecule has 0 amide bonds. The van der Waals surface area contributed by atoms with Crippen molar-refractivity contribution in [1.82, 2.24) is 10.2 Å². The van der Waals surface area contributed by atoms with Crippen LogP contribution >= 0.6 is 0 Å². The molecule has 2 N–H and O–H groups in total. The Balaban J connectivity index is 2.49. The molecule has 1 aliphatic rings. The predicted octanol–water partition coefficient (Wildman–Crippen LogP) is 2.25. The first-order chi connectivity index (χ1) is 8.65. The molecule has 1 fully saturated rings. The second kappa shape index (κ2) is 8.13. The largest absolute Gasteiger partial charge is 0.395 e. The second-order valence-corrected chi connectivity index (χ2v) is 6.19. The number of aliphatic hydroxyl groups is 1. The highest BCUT2D eigenvalue weighted by molar-refractivity contribution is 4.86. The maximum atomic E-state index is 9.42. The molecule has 1 saturated heterocycles. The van der Waals surface area contributed by atoms with E-state index >= 15 is 0 Å². The molecule has 0 radical (unpaired) electrons. The lowest BCUT2D eigenvalue weighted by Gasteiger charge is -2.36. The summed E-state index contributed by atoms with van der Waals surface area (Å²) in [4.78, 5) is 2.50. The molecule has 0 bridgehead atoms. The van der Waals surface area contributed by atoms with Crippen LogP contribution in [0.2, 0.25) is 0 Å². The third-order valence-corrected chi connectivity index (χ3v) is 4.13. The zero-order valence-corrected chi connectivity index (χ0v) is 12.5. The summed E-state index contributed by atoms with van der Waals surface area (Å²) in [5.74, 6) is 0. The molecular weight excluding hydrogens is 224 g/mol. The highest BCUT2D eigenvalue weighted by Crippen LogP contribution is 2.28. The number of hydrogen-bond donors (Lipinski definition) is 2. The highest BCUT2D eigenvalue weighted by atomic mass is 16.3. The first-order valence-electron chi connectivity index (χ1n) is 7.71. The van der Waals surface area contributed by atoms with E-state index in [4.69, 9.17) is 0 Å². The molecule has 0 spiro atoms. The first-order valence-corrected chi connectivity index (χ1v) is 7.71. The van der Waals surface area contributed by atoms with Crippen LogP contribution in [-0.4, -0.2) is 48.8 Å². The van der Waals surface area contributed by atoms with Crippen LogP contribution in [-0.2, 0) is 0 Å². The van der Waals surface area contributed by atoms with Crippen molar-refractivity contribution in [2.24, 2.45) is 5.41 Å². The lowest BCUT2D eigenvalue weighted by atomic mass is 9.84. The Morgan fingerprint density at radius 1 is 1.33 bits per heavy atom. The molecule has 0 aliphatic carbocycles. The van der Waals surface area contributed by atoms with Crippen molar-refractivity contribution in [3.8, 4) is 0 Å². The minimum Gasteiger partial charge on any atom is -0.395 e. The summed E-state index contributed by atoms with van der Waals surface area (Å²) in [7, 11) is 0. The van der Waals surface area contributed by atoms with E-state index in [2.05, 4.69) is 31.0 Å². The summed E-state index contributed by atoms with van der Waals surface area (Å²) in [6.45, 7) is 11.7. The molecule has 1 rings (SSSR count). The van der Waals surface area contributed by atoms with E-state index in [1.165, 1.54) is 32.1 Å². The fourth-order valence-corrected chi connectivity index (χ4v) is 3.19. The van der Waals surface area contributed by atoms with Crippen LogP contribution in [0.1, 0.15) is 52.9 Å². The van der Waals surface area contributed by atoms with Gasteiger partial charge in [0, 0.05) is 19.1 Å². The van der Waals surface area contributed by atoms with E-state index in [1.54, 1.807) is 0 Å². The third kappa shape index (κ3) is 4.87. The summed E-state index contributed by atoms with van der Waals surface area (Å²) in [6, 6.07) is 0.410. The molecule has 108 valence electrons. The third-order valence-electron chi connectivity index (χ3n) is 4.13. The lowest BCUT2D eigenvalue weighted by Crippen LogP contribution is -2.45. The van der Waals surface area contributed by atoms with Gasteiger partial charge in [-0.2, -0.15) is 0 Å². The van der Waals surface area contributed by atoms with E-state index in [9.17, 15) is 5.11 Å². The van der Waals surface area contributed by atoms with E-state index < -0.39 is 0 Å². The van der Waals surface area contributed by atoms with Gasteiger partial charge in [0.1, 0.15) is 0 Å². The van der Waals surface area contributed by atoms with Gasteiger partial charge in [-0.15, -0.1) is 0 Å². The second-order valence-electron chi connectivity index (χ2n) is 6.19. The average molecular weight is 256 g/mol. The predicted molar refractivity (Wildman–Crippen MR) is 77.9 cm³/mol. The zero-order chi connectivity index (χ0) is 13.4. The number of nitrogens with zero attached hydrogens (tertiary/aromatic N) is 1. The minimum atomic E-state index is 0.324. The Kier molecular flexibility index (Phi) is 7.20. The molecule has 1 heterocycles. The SMILES string of the molecule is CCCNCC(C)(CCC)CN1CCCC1CO. The Bertz CT molecular complexity index is 223. The van der Waals surface area contributed by atoms with Gasteiger partial charge in [0.05, 0.1) is 6.61 Å². The normalized spacial score (nSPS) is 24.3. The van der Waals surface area contributed by atoms with Gasteiger partial charge < -0.3 is 10.4 Å². The van der Waals surface area contributed by atoms with Crippen LogP contribution in [0.15, 0.2) is 0 Å². The Hall–Kier alpha value is -0.120. The molecule has 0 aromatic carbocycles. The summed E-state index contributed by atoms with van der Waals surface area (Å²) >= 11 is 0. The maximum absolute atomic E-state index is 9.42. The zero-order valence-electron chi connectivity index (χ0n) is 12.5. The molecule has 0 saturated carbocycles. The summed E-state index contributed by atoms with van der Waals surface area (Å²) in [5, 5.41) is 13.0. The van der Waals surface area contributed by atoms with Gasteiger partial charge >= 0.3 is 0 Å². The van der Waals surface area contributed by atoms with Crippen LogP contribution in [0.5, 0.6) is 0 Å².